The summed E-state index contributed by atoms with van der Waals surface area (Å²) in [5.74, 6) is 0. The van der Waals surface area contributed by atoms with Crippen LogP contribution in [0.2, 0.25) is 0 Å². The molecule has 4 rings (SSSR count). The third-order valence-electron chi connectivity index (χ3n) is 4.29. The first-order chi connectivity index (χ1) is 12.8. The Morgan fingerprint density at radius 2 is 1.00 bits per heavy atom. The number of anilines is 3. The van der Waals surface area contributed by atoms with Crippen molar-refractivity contribution in [3.63, 3.8) is 0 Å². The van der Waals surface area contributed by atoms with Gasteiger partial charge in [-0.15, -0.1) is 0 Å². The zero-order chi connectivity index (χ0) is 17.8. The zero-order valence-electron chi connectivity index (χ0n) is 14.2. The van der Waals surface area contributed by atoms with Crippen LogP contribution in [0, 0.1) is 0 Å². The topological polar surface area (TPSA) is 3.24 Å². The van der Waals surface area contributed by atoms with E-state index in [2.05, 4.69) is 112 Å². The second-order valence-electron chi connectivity index (χ2n) is 6.07. The molecule has 0 bridgehead atoms. The molecule has 0 unspecified atom stereocenters. The van der Waals surface area contributed by atoms with Gasteiger partial charge in [-0.1, -0.05) is 82.7 Å². The fraction of sp³-hybridized carbons (Fsp3) is 0. The minimum atomic E-state index is 1.06. The van der Waals surface area contributed by atoms with Gasteiger partial charge in [-0.25, -0.2) is 0 Å². The lowest BCUT2D eigenvalue weighted by Crippen LogP contribution is -2.09. The SMILES string of the molecule is Brc1cccc(N(c2ccccc2)c2cccc(-c3ccccc3)c2)c1. The van der Waals surface area contributed by atoms with Gasteiger partial charge in [0.05, 0.1) is 0 Å². The van der Waals surface area contributed by atoms with E-state index in [9.17, 15) is 0 Å². The maximum Gasteiger partial charge on any atom is 0.0472 e. The molecule has 0 amide bonds. The van der Waals surface area contributed by atoms with E-state index in [0.29, 0.717) is 0 Å². The summed E-state index contributed by atoms with van der Waals surface area (Å²) in [6.07, 6.45) is 0. The average molecular weight is 400 g/mol. The molecule has 126 valence electrons. The fourth-order valence-corrected chi connectivity index (χ4v) is 3.48. The largest absolute Gasteiger partial charge is 0.310 e. The van der Waals surface area contributed by atoms with Crippen molar-refractivity contribution in [3.05, 3.63) is 114 Å². The van der Waals surface area contributed by atoms with E-state index in [1.54, 1.807) is 0 Å². The molecular formula is C24H18BrN. The van der Waals surface area contributed by atoms with Gasteiger partial charge in [0.2, 0.25) is 0 Å². The Morgan fingerprint density at radius 1 is 0.462 bits per heavy atom. The van der Waals surface area contributed by atoms with Gasteiger partial charge in [-0.3, -0.25) is 0 Å². The molecule has 0 aliphatic heterocycles. The smallest absolute Gasteiger partial charge is 0.0472 e. The molecule has 26 heavy (non-hydrogen) atoms. The number of nitrogens with zero attached hydrogens (tertiary/aromatic N) is 1. The van der Waals surface area contributed by atoms with E-state index in [-0.39, 0.29) is 0 Å². The van der Waals surface area contributed by atoms with Crippen LogP contribution in [0.5, 0.6) is 0 Å². The van der Waals surface area contributed by atoms with Crippen molar-refractivity contribution in [2.45, 2.75) is 0 Å². The van der Waals surface area contributed by atoms with Gasteiger partial charge in [-0.05, 0) is 53.6 Å². The van der Waals surface area contributed by atoms with Gasteiger partial charge in [0.1, 0.15) is 0 Å². The van der Waals surface area contributed by atoms with Crippen LogP contribution in [0.4, 0.5) is 17.1 Å². The fourth-order valence-electron chi connectivity index (χ4n) is 3.09. The third kappa shape index (κ3) is 3.56. The summed E-state index contributed by atoms with van der Waals surface area (Å²) in [6.45, 7) is 0. The summed E-state index contributed by atoms with van der Waals surface area (Å²) in [5, 5.41) is 0. The van der Waals surface area contributed by atoms with Crippen LogP contribution in [0.1, 0.15) is 0 Å². The second kappa shape index (κ2) is 7.59. The number of benzene rings is 4. The molecule has 0 heterocycles. The van der Waals surface area contributed by atoms with Crippen LogP contribution in [0.25, 0.3) is 11.1 Å². The minimum Gasteiger partial charge on any atom is -0.310 e. The molecule has 0 aromatic heterocycles. The second-order valence-corrected chi connectivity index (χ2v) is 6.98. The molecule has 1 nitrogen and oxygen atoms in total. The molecule has 4 aromatic rings. The predicted octanol–water partition coefficient (Wildman–Crippen LogP) is 7.59. The molecule has 0 radical (unpaired) electrons. The van der Waals surface area contributed by atoms with Crippen LogP contribution in [-0.2, 0) is 0 Å². The van der Waals surface area contributed by atoms with Crippen LogP contribution in [0.3, 0.4) is 0 Å². The molecule has 0 aliphatic rings. The van der Waals surface area contributed by atoms with Crippen molar-refractivity contribution < 1.29 is 0 Å². The quantitative estimate of drug-likeness (QED) is 0.341. The summed E-state index contributed by atoms with van der Waals surface area (Å²) in [4.78, 5) is 2.28. The molecule has 0 N–H and O–H groups in total. The van der Waals surface area contributed by atoms with Gasteiger partial charge in [-0.2, -0.15) is 0 Å². The molecule has 4 aromatic carbocycles. The predicted molar refractivity (Wildman–Crippen MR) is 114 cm³/mol. The first-order valence-corrected chi connectivity index (χ1v) is 9.37. The van der Waals surface area contributed by atoms with E-state index in [4.69, 9.17) is 0 Å². The lowest BCUT2D eigenvalue weighted by molar-refractivity contribution is 1.28. The molecule has 0 spiro atoms. The van der Waals surface area contributed by atoms with Gasteiger partial charge in [0.25, 0.3) is 0 Å². The molecule has 0 fully saturated rings. The highest BCUT2D eigenvalue weighted by molar-refractivity contribution is 9.10. The van der Waals surface area contributed by atoms with Gasteiger partial charge >= 0.3 is 0 Å². The molecule has 0 atom stereocenters. The van der Waals surface area contributed by atoms with Crippen molar-refractivity contribution in [2.75, 3.05) is 4.90 Å². The monoisotopic (exact) mass is 399 g/mol. The van der Waals surface area contributed by atoms with E-state index >= 15 is 0 Å². The van der Waals surface area contributed by atoms with Gasteiger partial charge < -0.3 is 4.90 Å². The molecule has 0 aliphatic carbocycles. The summed E-state index contributed by atoms with van der Waals surface area (Å²) >= 11 is 3.60. The van der Waals surface area contributed by atoms with E-state index in [1.165, 1.54) is 11.1 Å². The highest BCUT2D eigenvalue weighted by Gasteiger charge is 2.13. The third-order valence-corrected chi connectivity index (χ3v) is 4.79. The van der Waals surface area contributed by atoms with Crippen molar-refractivity contribution >= 4 is 33.0 Å². The number of rotatable bonds is 4. The summed E-state index contributed by atoms with van der Waals surface area (Å²) in [5.41, 5.74) is 5.82. The normalized spacial score (nSPS) is 10.5. The number of hydrogen-bond acceptors (Lipinski definition) is 1. The van der Waals surface area contributed by atoms with E-state index < -0.39 is 0 Å². The number of hydrogen-bond donors (Lipinski definition) is 0. The van der Waals surface area contributed by atoms with Crippen molar-refractivity contribution in [3.8, 4) is 11.1 Å². The van der Waals surface area contributed by atoms with Crippen LogP contribution < -0.4 is 4.90 Å². The Kier molecular flexibility index (Phi) is 4.85. The lowest BCUT2D eigenvalue weighted by Gasteiger charge is -2.26. The molecule has 0 saturated carbocycles. The number of para-hydroxylation sites is 1. The Morgan fingerprint density at radius 3 is 1.69 bits per heavy atom. The Hall–Kier alpha value is -2.84. The minimum absolute atomic E-state index is 1.06. The van der Waals surface area contributed by atoms with Gasteiger partial charge in [0, 0.05) is 21.5 Å². The zero-order valence-corrected chi connectivity index (χ0v) is 15.8. The molecule has 0 saturated heterocycles. The van der Waals surface area contributed by atoms with E-state index in [1.807, 2.05) is 18.2 Å². The average Bonchev–Trinajstić information content (AvgIpc) is 2.70. The van der Waals surface area contributed by atoms with Crippen LogP contribution in [0.15, 0.2) is 114 Å². The van der Waals surface area contributed by atoms with Crippen LogP contribution in [-0.4, -0.2) is 0 Å². The van der Waals surface area contributed by atoms with Crippen molar-refractivity contribution in [1.29, 1.82) is 0 Å². The van der Waals surface area contributed by atoms with Gasteiger partial charge in [0.15, 0.2) is 0 Å². The Labute approximate surface area is 162 Å². The summed E-state index contributed by atoms with van der Waals surface area (Å²) in [6, 6.07) is 38.0. The van der Waals surface area contributed by atoms with Crippen molar-refractivity contribution in [1.82, 2.24) is 0 Å². The highest BCUT2D eigenvalue weighted by Crippen LogP contribution is 2.37. The maximum absolute atomic E-state index is 3.60. The first-order valence-electron chi connectivity index (χ1n) is 8.57. The standard InChI is InChI=1S/C24H18BrN/c25-21-12-8-16-24(18-21)26(22-13-5-2-6-14-22)23-15-7-11-20(17-23)19-9-3-1-4-10-19/h1-18H. The van der Waals surface area contributed by atoms with E-state index in [0.717, 1.165) is 21.5 Å². The Balaban J connectivity index is 1.85. The highest BCUT2D eigenvalue weighted by atomic mass is 79.9. The lowest BCUT2D eigenvalue weighted by atomic mass is 10.0. The molecule has 2 heteroatoms. The first kappa shape index (κ1) is 16.6. The maximum atomic E-state index is 3.60. The summed E-state index contributed by atoms with van der Waals surface area (Å²) < 4.78 is 1.06. The Bertz CT molecular complexity index is 997. The van der Waals surface area contributed by atoms with Crippen molar-refractivity contribution in [2.24, 2.45) is 0 Å². The van der Waals surface area contributed by atoms with Crippen LogP contribution >= 0.6 is 15.9 Å². The molecular weight excluding hydrogens is 382 g/mol. The number of halogens is 1. The summed E-state index contributed by atoms with van der Waals surface area (Å²) in [7, 11) is 0.